The molecule has 2 atom stereocenters. The quantitative estimate of drug-likeness (QED) is 0.782. The second kappa shape index (κ2) is 7.09. The molecular formula is C13H16ClFN2O3. The van der Waals surface area contributed by atoms with E-state index in [1.807, 2.05) is 6.92 Å². The first-order valence-corrected chi connectivity index (χ1v) is 6.47. The van der Waals surface area contributed by atoms with Crippen molar-refractivity contribution in [3.63, 3.8) is 0 Å². The van der Waals surface area contributed by atoms with E-state index in [0.29, 0.717) is 6.42 Å². The molecule has 1 rings (SSSR count). The van der Waals surface area contributed by atoms with Crippen LogP contribution in [0.3, 0.4) is 0 Å². The largest absolute Gasteiger partial charge is 0.480 e. The average Bonchev–Trinajstić information content (AvgIpc) is 2.33. The van der Waals surface area contributed by atoms with Crippen molar-refractivity contribution in [3.05, 3.63) is 29.0 Å². The summed E-state index contributed by atoms with van der Waals surface area (Å²) in [7, 11) is 0. The molecule has 2 amide bonds. The molecule has 0 bridgehead atoms. The predicted molar refractivity (Wildman–Crippen MR) is 74.4 cm³/mol. The molecule has 5 nitrogen and oxygen atoms in total. The summed E-state index contributed by atoms with van der Waals surface area (Å²) in [6.07, 6.45) is 0.600. The molecule has 0 aliphatic rings. The highest BCUT2D eigenvalue weighted by molar-refractivity contribution is 6.30. The zero-order chi connectivity index (χ0) is 15.3. The molecule has 0 saturated carbocycles. The smallest absolute Gasteiger partial charge is 0.326 e. The van der Waals surface area contributed by atoms with E-state index in [1.165, 1.54) is 6.07 Å². The predicted octanol–water partition coefficient (Wildman–Crippen LogP) is 3.10. The number of carbonyl (C=O) groups excluding carboxylic acids is 1. The number of carboxylic acids is 1. The number of rotatable bonds is 5. The normalized spacial score (nSPS) is 13.4. The van der Waals surface area contributed by atoms with Gasteiger partial charge >= 0.3 is 12.0 Å². The first kappa shape index (κ1) is 16.2. The number of benzene rings is 1. The summed E-state index contributed by atoms with van der Waals surface area (Å²) in [5, 5.41) is 13.9. The van der Waals surface area contributed by atoms with Crippen molar-refractivity contribution in [1.82, 2.24) is 5.32 Å². The molecule has 0 aliphatic carbocycles. The monoisotopic (exact) mass is 302 g/mol. The second-order valence-corrected chi connectivity index (χ2v) is 4.89. The van der Waals surface area contributed by atoms with Gasteiger partial charge in [0.25, 0.3) is 0 Å². The number of halogens is 2. The standard InChI is InChI=1S/C13H16ClFN2O3/c1-3-7(2)11(12(18)19)17-13(20)16-10-5-8(14)4-9(15)6-10/h4-7,11H,3H2,1-2H3,(H,18,19)(H2,16,17,20)/t7?,11-/m0/s1. The molecule has 0 saturated heterocycles. The highest BCUT2D eigenvalue weighted by Crippen LogP contribution is 2.18. The number of amides is 2. The summed E-state index contributed by atoms with van der Waals surface area (Å²) in [5.41, 5.74) is 0.154. The second-order valence-electron chi connectivity index (χ2n) is 4.46. The number of urea groups is 1. The molecule has 0 radical (unpaired) electrons. The van der Waals surface area contributed by atoms with Crippen LogP contribution in [-0.2, 0) is 4.79 Å². The molecular weight excluding hydrogens is 287 g/mol. The van der Waals surface area contributed by atoms with Crippen molar-refractivity contribution in [3.8, 4) is 0 Å². The summed E-state index contributed by atoms with van der Waals surface area (Å²) in [5.74, 6) is -1.94. The van der Waals surface area contributed by atoms with Crippen LogP contribution in [0, 0.1) is 11.7 Å². The van der Waals surface area contributed by atoms with Gasteiger partial charge in [0.1, 0.15) is 11.9 Å². The van der Waals surface area contributed by atoms with E-state index in [4.69, 9.17) is 16.7 Å². The van der Waals surface area contributed by atoms with Gasteiger partial charge in [0.15, 0.2) is 0 Å². The molecule has 110 valence electrons. The Morgan fingerprint density at radius 3 is 2.55 bits per heavy atom. The summed E-state index contributed by atoms with van der Waals surface area (Å²) in [6.45, 7) is 3.55. The molecule has 7 heteroatoms. The minimum Gasteiger partial charge on any atom is -0.480 e. The van der Waals surface area contributed by atoms with Crippen LogP contribution in [-0.4, -0.2) is 23.1 Å². The maximum Gasteiger partial charge on any atom is 0.326 e. The number of carboxylic acid groups (broad SMARTS) is 1. The van der Waals surface area contributed by atoms with Gasteiger partial charge in [-0.25, -0.2) is 14.0 Å². The summed E-state index contributed by atoms with van der Waals surface area (Å²) in [6, 6.07) is 1.82. The molecule has 3 N–H and O–H groups in total. The summed E-state index contributed by atoms with van der Waals surface area (Å²) < 4.78 is 13.1. The Hall–Kier alpha value is -1.82. The van der Waals surface area contributed by atoms with Crippen molar-refractivity contribution < 1.29 is 19.1 Å². The van der Waals surface area contributed by atoms with Gasteiger partial charge in [-0.1, -0.05) is 31.9 Å². The topological polar surface area (TPSA) is 78.4 Å². The van der Waals surface area contributed by atoms with E-state index >= 15 is 0 Å². The zero-order valence-electron chi connectivity index (χ0n) is 11.1. The maximum atomic E-state index is 13.1. The van der Waals surface area contributed by atoms with Crippen LogP contribution in [0.15, 0.2) is 18.2 Å². The van der Waals surface area contributed by atoms with Crippen molar-refractivity contribution in [2.24, 2.45) is 5.92 Å². The zero-order valence-corrected chi connectivity index (χ0v) is 11.9. The van der Waals surface area contributed by atoms with Gasteiger partial charge in [-0.05, 0) is 24.1 Å². The van der Waals surface area contributed by atoms with Crippen molar-refractivity contribution in [2.75, 3.05) is 5.32 Å². The van der Waals surface area contributed by atoms with Gasteiger partial charge < -0.3 is 15.7 Å². The van der Waals surface area contributed by atoms with E-state index in [-0.39, 0.29) is 16.6 Å². The molecule has 0 aromatic heterocycles. The molecule has 20 heavy (non-hydrogen) atoms. The lowest BCUT2D eigenvalue weighted by atomic mass is 9.99. The van der Waals surface area contributed by atoms with Crippen LogP contribution in [0.25, 0.3) is 0 Å². The van der Waals surface area contributed by atoms with Gasteiger partial charge in [-0.2, -0.15) is 0 Å². The Kier molecular flexibility index (Phi) is 5.76. The molecule has 0 heterocycles. The number of anilines is 1. The fourth-order valence-electron chi connectivity index (χ4n) is 1.62. The number of nitrogens with one attached hydrogen (secondary N) is 2. The lowest BCUT2D eigenvalue weighted by molar-refractivity contribution is -0.140. The Bertz CT molecular complexity index is 490. The van der Waals surface area contributed by atoms with Gasteiger partial charge in [0.05, 0.1) is 0 Å². The van der Waals surface area contributed by atoms with Crippen LogP contribution >= 0.6 is 11.6 Å². The fraction of sp³-hybridized carbons (Fsp3) is 0.385. The SMILES string of the molecule is CCC(C)[C@H](NC(=O)Nc1cc(F)cc(Cl)c1)C(=O)O. The average molecular weight is 303 g/mol. The minimum absolute atomic E-state index is 0.136. The van der Waals surface area contributed by atoms with Gasteiger partial charge in [-0.15, -0.1) is 0 Å². The van der Waals surface area contributed by atoms with E-state index < -0.39 is 23.9 Å². The Labute approximate surface area is 121 Å². The minimum atomic E-state index is -1.12. The lowest BCUT2D eigenvalue weighted by Gasteiger charge is -2.20. The van der Waals surface area contributed by atoms with E-state index in [0.717, 1.165) is 12.1 Å². The van der Waals surface area contributed by atoms with Crippen LogP contribution in [0.4, 0.5) is 14.9 Å². The van der Waals surface area contributed by atoms with Gasteiger partial charge in [0, 0.05) is 10.7 Å². The third-order valence-corrected chi connectivity index (χ3v) is 3.10. The van der Waals surface area contributed by atoms with Crippen LogP contribution < -0.4 is 10.6 Å². The summed E-state index contributed by atoms with van der Waals surface area (Å²) in [4.78, 5) is 22.8. The third kappa shape index (κ3) is 4.70. The van der Waals surface area contributed by atoms with E-state index in [1.54, 1.807) is 6.92 Å². The Morgan fingerprint density at radius 2 is 2.05 bits per heavy atom. The fourth-order valence-corrected chi connectivity index (χ4v) is 1.84. The molecule has 1 aromatic carbocycles. The highest BCUT2D eigenvalue weighted by atomic mass is 35.5. The van der Waals surface area contributed by atoms with Crippen LogP contribution in [0.2, 0.25) is 5.02 Å². The number of aliphatic carboxylic acids is 1. The first-order valence-electron chi connectivity index (χ1n) is 6.10. The number of hydrogen-bond donors (Lipinski definition) is 3. The molecule has 0 fully saturated rings. The number of carbonyl (C=O) groups is 2. The third-order valence-electron chi connectivity index (χ3n) is 2.89. The Balaban J connectivity index is 2.73. The molecule has 0 spiro atoms. The number of hydrogen-bond acceptors (Lipinski definition) is 2. The van der Waals surface area contributed by atoms with Crippen molar-refractivity contribution in [2.45, 2.75) is 26.3 Å². The first-order chi connectivity index (χ1) is 9.33. The molecule has 0 aliphatic heterocycles. The Morgan fingerprint density at radius 1 is 1.40 bits per heavy atom. The van der Waals surface area contributed by atoms with E-state index in [9.17, 15) is 14.0 Å². The van der Waals surface area contributed by atoms with Crippen LogP contribution in [0.5, 0.6) is 0 Å². The van der Waals surface area contributed by atoms with Crippen molar-refractivity contribution in [1.29, 1.82) is 0 Å². The molecule has 1 aromatic rings. The molecule has 1 unspecified atom stereocenters. The van der Waals surface area contributed by atoms with E-state index in [2.05, 4.69) is 10.6 Å². The summed E-state index contributed by atoms with van der Waals surface area (Å²) >= 11 is 5.66. The highest BCUT2D eigenvalue weighted by Gasteiger charge is 2.25. The maximum absolute atomic E-state index is 13.1. The van der Waals surface area contributed by atoms with Crippen molar-refractivity contribution >= 4 is 29.3 Å². The van der Waals surface area contributed by atoms with Gasteiger partial charge in [-0.3, -0.25) is 0 Å². The lowest BCUT2D eigenvalue weighted by Crippen LogP contribution is -2.46. The van der Waals surface area contributed by atoms with Gasteiger partial charge in [0.2, 0.25) is 0 Å². The van der Waals surface area contributed by atoms with Crippen LogP contribution in [0.1, 0.15) is 20.3 Å².